The molecule has 0 radical (unpaired) electrons. The van der Waals surface area contributed by atoms with Gasteiger partial charge in [-0.25, -0.2) is 13.9 Å². The third-order valence-electron chi connectivity index (χ3n) is 6.42. The maximum Gasteiger partial charge on any atom is 0.416 e. The van der Waals surface area contributed by atoms with Gasteiger partial charge in [-0.2, -0.15) is 21.6 Å². The second-order valence-corrected chi connectivity index (χ2v) is 14.7. The second kappa shape index (κ2) is 20.0. The molecular weight excluding hydrogens is 824 g/mol. The largest absolute Gasteiger partial charge is 0.480 e. The van der Waals surface area contributed by atoms with Crippen LogP contribution in [-0.2, 0) is 40.0 Å². The van der Waals surface area contributed by atoms with E-state index in [-0.39, 0.29) is 23.1 Å². The SMILES string of the molecule is CC(C)N1C(=O)c2ccccc2NS1(=O)=O.CCOC(=O)COC(=O)c1cc(Oc2ccc(C(F)(F)F)cc2Cl)ccc1[N+](=O)[O-].O=C(O)CNCP(=O)(O)O. The van der Waals surface area contributed by atoms with Crippen LogP contribution in [0.2, 0.25) is 5.02 Å². The normalized spacial score (nSPS) is 13.1. The molecule has 19 nitrogen and oxygen atoms in total. The van der Waals surface area contributed by atoms with Gasteiger partial charge in [0, 0.05) is 18.2 Å². The number of aliphatic carboxylic acids is 1. The van der Waals surface area contributed by atoms with E-state index in [9.17, 15) is 55.4 Å². The predicted molar refractivity (Wildman–Crippen MR) is 189 cm³/mol. The molecule has 0 aromatic heterocycles. The van der Waals surface area contributed by atoms with Crippen molar-refractivity contribution in [1.82, 2.24) is 9.62 Å². The van der Waals surface area contributed by atoms with Crippen LogP contribution in [0.4, 0.5) is 24.5 Å². The summed E-state index contributed by atoms with van der Waals surface area (Å²) in [6.07, 6.45) is -5.20. The molecule has 4 rings (SSSR count). The van der Waals surface area contributed by atoms with Crippen molar-refractivity contribution in [2.45, 2.75) is 33.0 Å². The number of ether oxygens (including phenoxy) is 3. The summed E-state index contributed by atoms with van der Waals surface area (Å²) in [6, 6.07) is 11.5. The van der Waals surface area contributed by atoms with Gasteiger partial charge in [-0.05, 0) is 57.2 Å². The Bertz CT molecular complexity index is 2100. The number of nitrogens with zero attached hydrogens (tertiary/aromatic N) is 2. The van der Waals surface area contributed by atoms with Crippen molar-refractivity contribution < 1.29 is 79.4 Å². The van der Waals surface area contributed by atoms with Crippen molar-refractivity contribution >= 4 is 64.6 Å². The quantitative estimate of drug-likeness (QED) is 0.0709. The first-order valence-electron chi connectivity index (χ1n) is 15.5. The number of benzene rings is 3. The van der Waals surface area contributed by atoms with Gasteiger partial charge in [-0.15, -0.1) is 0 Å². The van der Waals surface area contributed by atoms with Crippen LogP contribution < -0.4 is 14.8 Å². The molecule has 0 saturated carbocycles. The lowest BCUT2D eigenvalue weighted by molar-refractivity contribution is -0.385. The maximum absolute atomic E-state index is 12.7. The average molecular weight is 857 g/mol. The number of esters is 2. The van der Waals surface area contributed by atoms with Gasteiger partial charge in [-0.3, -0.25) is 34.3 Å². The number of alkyl halides is 3. The van der Waals surface area contributed by atoms with Crippen molar-refractivity contribution in [2.24, 2.45) is 0 Å². The molecule has 0 spiro atoms. The zero-order valence-corrected chi connectivity index (χ0v) is 31.6. The summed E-state index contributed by atoms with van der Waals surface area (Å²) in [4.78, 5) is 71.9. The first-order chi connectivity index (χ1) is 25.9. The highest BCUT2D eigenvalue weighted by Gasteiger charge is 2.37. The summed E-state index contributed by atoms with van der Waals surface area (Å²) in [5, 5.41) is 20.9. The number of carboxylic acid groups (broad SMARTS) is 1. The van der Waals surface area contributed by atoms with Gasteiger partial charge in [0.15, 0.2) is 6.61 Å². The fraction of sp³-hybridized carbons (Fsp3) is 0.290. The summed E-state index contributed by atoms with van der Waals surface area (Å²) in [7, 11) is -7.85. The molecule has 5 N–H and O–H groups in total. The van der Waals surface area contributed by atoms with Crippen LogP contribution in [0.15, 0.2) is 60.7 Å². The minimum atomic E-state index is -4.61. The predicted octanol–water partition coefficient (Wildman–Crippen LogP) is 4.78. The number of carbonyl (C=O) groups is 4. The van der Waals surface area contributed by atoms with Gasteiger partial charge in [0.2, 0.25) is 0 Å². The van der Waals surface area contributed by atoms with E-state index in [0.29, 0.717) is 17.3 Å². The molecule has 0 saturated heterocycles. The number of carboxylic acids is 1. The first-order valence-corrected chi connectivity index (χ1v) is 19.1. The van der Waals surface area contributed by atoms with Crippen molar-refractivity contribution in [1.29, 1.82) is 0 Å². The molecule has 3 aromatic carbocycles. The number of hydrogen-bond acceptors (Lipinski definition) is 13. The molecule has 56 heavy (non-hydrogen) atoms. The fourth-order valence-electron chi connectivity index (χ4n) is 4.19. The zero-order valence-electron chi connectivity index (χ0n) is 29.2. The summed E-state index contributed by atoms with van der Waals surface area (Å²) in [5.74, 6) is -3.98. The van der Waals surface area contributed by atoms with Crippen LogP contribution in [0.3, 0.4) is 0 Å². The van der Waals surface area contributed by atoms with Gasteiger partial charge in [0.25, 0.3) is 11.6 Å². The van der Waals surface area contributed by atoms with E-state index in [1.54, 1.807) is 38.1 Å². The Labute approximate surface area is 320 Å². The average Bonchev–Trinajstić information content (AvgIpc) is 3.07. The molecular formula is C31H33ClF3N4O15PS. The number of amides is 1. The van der Waals surface area contributed by atoms with Crippen molar-refractivity contribution in [3.05, 3.63) is 92.5 Å². The standard InChI is InChI=1S/C18H13ClF3NO7.C10H12N2O3S.C3H8NO5P/c1-2-28-16(24)9-29-17(25)12-8-11(4-5-14(12)23(26)27)30-15-6-3-10(7-13(15)19)18(20,21)22;1-7(2)12-10(13)8-5-3-4-6-9(8)11-16(12,14)15;5-3(6)1-4-2-10(7,8)9/h3-8H,2,9H2,1H3;3-7,11H,1-2H3;4H,1-2H2,(H,5,6)(H2,7,8,9). The Morgan fingerprint density at radius 3 is 2.25 bits per heavy atom. The molecule has 306 valence electrons. The molecule has 25 heteroatoms. The molecule has 0 fully saturated rings. The highest BCUT2D eigenvalue weighted by Crippen LogP contribution is 2.37. The van der Waals surface area contributed by atoms with Crippen LogP contribution in [0.1, 0.15) is 47.1 Å². The third kappa shape index (κ3) is 14.4. The van der Waals surface area contributed by atoms with Gasteiger partial charge in [0.05, 0.1) is 46.2 Å². The molecule has 1 amide bonds. The number of anilines is 1. The first kappa shape index (κ1) is 46.8. The molecule has 1 aliphatic rings. The lowest BCUT2D eigenvalue weighted by Crippen LogP contribution is -2.48. The van der Waals surface area contributed by atoms with E-state index >= 15 is 0 Å². The number of carbonyl (C=O) groups excluding carboxylic acids is 3. The monoisotopic (exact) mass is 856 g/mol. The van der Waals surface area contributed by atoms with Gasteiger partial charge < -0.3 is 29.1 Å². The van der Waals surface area contributed by atoms with Crippen molar-refractivity contribution in [2.75, 3.05) is 30.8 Å². The number of nitro benzene ring substituents is 1. The van der Waals surface area contributed by atoms with Crippen molar-refractivity contribution in [3.8, 4) is 11.5 Å². The molecule has 0 unspecified atom stereocenters. The van der Waals surface area contributed by atoms with Crippen LogP contribution >= 0.6 is 19.2 Å². The Balaban J connectivity index is 0.000000344. The van der Waals surface area contributed by atoms with Crippen molar-refractivity contribution in [3.63, 3.8) is 0 Å². The number of hydrogen-bond donors (Lipinski definition) is 5. The highest BCUT2D eigenvalue weighted by atomic mass is 35.5. The summed E-state index contributed by atoms with van der Waals surface area (Å²) < 4.78 is 89.6. The molecule has 0 atom stereocenters. The van der Waals surface area contributed by atoms with Crippen LogP contribution in [0.25, 0.3) is 0 Å². The number of fused-ring (bicyclic) bond motifs is 1. The second-order valence-electron chi connectivity index (χ2n) is 11.1. The van der Waals surface area contributed by atoms with E-state index in [1.165, 1.54) is 6.92 Å². The number of nitro groups is 1. The van der Waals surface area contributed by atoms with E-state index in [2.05, 4.69) is 14.8 Å². The summed E-state index contributed by atoms with van der Waals surface area (Å²) in [5.41, 5.74) is -1.44. The van der Waals surface area contributed by atoms with E-state index in [4.69, 9.17) is 36.0 Å². The maximum atomic E-state index is 12.7. The molecule has 1 aliphatic heterocycles. The summed E-state index contributed by atoms with van der Waals surface area (Å²) in [6.45, 7) is 3.70. The van der Waals surface area contributed by atoms with Gasteiger partial charge >= 0.3 is 41.9 Å². The molecule has 0 aliphatic carbocycles. The molecule has 1 heterocycles. The van der Waals surface area contributed by atoms with E-state index in [0.717, 1.165) is 34.6 Å². The Kier molecular flexibility index (Phi) is 16.7. The Morgan fingerprint density at radius 1 is 1.07 bits per heavy atom. The fourth-order valence-corrected chi connectivity index (χ4v) is 6.24. The molecule has 3 aromatic rings. The minimum absolute atomic E-state index is 0.0493. The van der Waals surface area contributed by atoms with E-state index < -0.39 is 95.0 Å². The molecule has 0 bridgehead atoms. The topological polar surface area (TPSA) is 278 Å². The Morgan fingerprint density at radius 2 is 1.71 bits per heavy atom. The lowest BCUT2D eigenvalue weighted by Gasteiger charge is -2.31. The van der Waals surface area contributed by atoms with Crippen LogP contribution in [0.5, 0.6) is 11.5 Å². The number of halogens is 4. The zero-order chi connectivity index (χ0) is 42.6. The third-order valence-corrected chi connectivity index (χ3v) is 8.93. The Hall–Kier alpha value is -5.32. The lowest BCUT2D eigenvalue weighted by atomic mass is 10.1. The van der Waals surface area contributed by atoms with Gasteiger partial charge in [0.1, 0.15) is 17.1 Å². The number of rotatable bonds is 12. The number of para-hydroxylation sites is 1. The minimum Gasteiger partial charge on any atom is -0.480 e. The van der Waals surface area contributed by atoms with Gasteiger partial charge in [-0.1, -0.05) is 23.7 Å². The van der Waals surface area contributed by atoms with Crippen LogP contribution in [0, 0.1) is 10.1 Å². The van der Waals surface area contributed by atoms with Crippen LogP contribution in [-0.4, -0.2) is 88.4 Å². The number of nitrogens with one attached hydrogen (secondary N) is 2. The highest BCUT2D eigenvalue weighted by molar-refractivity contribution is 7.91. The smallest absolute Gasteiger partial charge is 0.416 e. The summed E-state index contributed by atoms with van der Waals surface area (Å²) >= 11 is 5.81. The van der Waals surface area contributed by atoms with E-state index in [1.807, 2.05) is 0 Å².